The van der Waals surface area contributed by atoms with E-state index in [1.807, 2.05) is 6.92 Å². The number of ether oxygens (including phenoxy) is 1. The average Bonchev–Trinajstić information content (AvgIpc) is 2.34. The summed E-state index contributed by atoms with van der Waals surface area (Å²) in [6.45, 7) is 4.03. The lowest BCUT2D eigenvalue weighted by Crippen LogP contribution is -2.13. The molecule has 0 saturated heterocycles. The van der Waals surface area contributed by atoms with Crippen molar-refractivity contribution in [2.45, 2.75) is 58.5 Å². The molecule has 1 aromatic carbocycles. The molecule has 1 nitrogen and oxygen atoms in total. The standard InChI is InChI=1S/C15H22F2O/c1-3-4-5-6-7-9-12(2)18-15-13(16)10-8-11-14(15)17/h8,10-12H,3-7,9H2,1-2H3. The second kappa shape index (κ2) is 8.06. The molecule has 0 amide bonds. The van der Waals surface area contributed by atoms with Gasteiger partial charge in [0.05, 0.1) is 6.10 Å². The summed E-state index contributed by atoms with van der Waals surface area (Å²) in [4.78, 5) is 0. The first-order valence-electron chi connectivity index (χ1n) is 6.75. The molecule has 0 heterocycles. The van der Waals surface area contributed by atoms with Crippen LogP contribution in [-0.4, -0.2) is 6.10 Å². The summed E-state index contributed by atoms with van der Waals surface area (Å²) in [5, 5.41) is 0. The third-order valence-corrected chi connectivity index (χ3v) is 2.95. The third kappa shape index (κ3) is 5.03. The summed E-state index contributed by atoms with van der Waals surface area (Å²) < 4.78 is 32.0. The SMILES string of the molecule is CCCCCCCC(C)Oc1c(F)cccc1F. The molecular weight excluding hydrogens is 234 g/mol. The molecule has 0 N–H and O–H groups in total. The maximum absolute atomic E-state index is 13.3. The number of hydrogen-bond acceptors (Lipinski definition) is 1. The first-order chi connectivity index (χ1) is 8.65. The lowest BCUT2D eigenvalue weighted by Gasteiger charge is -2.15. The van der Waals surface area contributed by atoms with Crippen molar-refractivity contribution in [2.24, 2.45) is 0 Å². The molecule has 0 aromatic heterocycles. The number of benzene rings is 1. The smallest absolute Gasteiger partial charge is 0.191 e. The molecule has 0 aliphatic heterocycles. The van der Waals surface area contributed by atoms with Crippen LogP contribution in [0.2, 0.25) is 0 Å². The van der Waals surface area contributed by atoms with Gasteiger partial charge >= 0.3 is 0 Å². The minimum Gasteiger partial charge on any atom is -0.485 e. The summed E-state index contributed by atoms with van der Waals surface area (Å²) >= 11 is 0. The first kappa shape index (κ1) is 14.9. The quantitative estimate of drug-likeness (QED) is 0.588. The summed E-state index contributed by atoms with van der Waals surface area (Å²) in [6.07, 6.45) is 6.55. The normalized spacial score (nSPS) is 12.4. The molecule has 1 atom stereocenters. The largest absolute Gasteiger partial charge is 0.485 e. The van der Waals surface area contributed by atoms with Crippen molar-refractivity contribution >= 4 is 0 Å². The molecule has 0 aliphatic carbocycles. The Morgan fingerprint density at radius 1 is 1.06 bits per heavy atom. The monoisotopic (exact) mass is 256 g/mol. The fourth-order valence-corrected chi connectivity index (χ4v) is 1.89. The van der Waals surface area contributed by atoms with Gasteiger partial charge in [0.2, 0.25) is 0 Å². The van der Waals surface area contributed by atoms with Gasteiger partial charge in [0.1, 0.15) is 0 Å². The minimum absolute atomic E-state index is 0.155. The number of unbranched alkanes of at least 4 members (excludes halogenated alkanes) is 4. The zero-order chi connectivity index (χ0) is 13.4. The molecular formula is C15H22F2O. The van der Waals surface area contributed by atoms with Crippen LogP contribution in [0.5, 0.6) is 5.75 Å². The molecule has 0 aliphatic rings. The van der Waals surface area contributed by atoms with Crippen LogP contribution in [0.1, 0.15) is 52.4 Å². The molecule has 0 fully saturated rings. The van der Waals surface area contributed by atoms with E-state index in [0.717, 1.165) is 19.3 Å². The van der Waals surface area contributed by atoms with Crippen molar-refractivity contribution < 1.29 is 13.5 Å². The minimum atomic E-state index is -0.632. The van der Waals surface area contributed by atoms with E-state index in [1.54, 1.807) is 0 Å². The third-order valence-electron chi connectivity index (χ3n) is 2.95. The van der Waals surface area contributed by atoms with Crippen molar-refractivity contribution in [1.82, 2.24) is 0 Å². The summed E-state index contributed by atoms with van der Waals surface area (Å²) in [7, 11) is 0. The highest BCUT2D eigenvalue weighted by Crippen LogP contribution is 2.23. The van der Waals surface area contributed by atoms with Gasteiger partial charge in [-0.1, -0.05) is 38.7 Å². The molecule has 1 rings (SSSR count). The second-order valence-electron chi connectivity index (χ2n) is 4.68. The molecule has 1 aromatic rings. The summed E-state index contributed by atoms with van der Waals surface area (Å²) in [5.41, 5.74) is 0. The van der Waals surface area contributed by atoms with Gasteiger partial charge in [0.15, 0.2) is 17.4 Å². The predicted octanol–water partition coefficient (Wildman–Crippen LogP) is 5.09. The van der Waals surface area contributed by atoms with Crippen LogP contribution < -0.4 is 4.74 Å². The van der Waals surface area contributed by atoms with E-state index < -0.39 is 11.6 Å². The van der Waals surface area contributed by atoms with E-state index in [-0.39, 0.29) is 11.9 Å². The van der Waals surface area contributed by atoms with Crippen molar-refractivity contribution in [3.8, 4) is 5.75 Å². The van der Waals surface area contributed by atoms with E-state index in [1.165, 1.54) is 37.5 Å². The van der Waals surface area contributed by atoms with Crippen molar-refractivity contribution in [3.05, 3.63) is 29.8 Å². The average molecular weight is 256 g/mol. The highest BCUT2D eigenvalue weighted by Gasteiger charge is 2.12. The van der Waals surface area contributed by atoms with Gasteiger partial charge in [0, 0.05) is 0 Å². The molecule has 3 heteroatoms. The Kier molecular flexibility index (Phi) is 6.69. The van der Waals surface area contributed by atoms with Crippen molar-refractivity contribution in [1.29, 1.82) is 0 Å². The molecule has 1 unspecified atom stereocenters. The van der Waals surface area contributed by atoms with Crippen LogP contribution in [0.4, 0.5) is 8.78 Å². The Hall–Kier alpha value is -1.12. The highest BCUT2D eigenvalue weighted by molar-refractivity contribution is 5.26. The molecule has 102 valence electrons. The Labute approximate surface area is 108 Å². The zero-order valence-electron chi connectivity index (χ0n) is 11.2. The highest BCUT2D eigenvalue weighted by atomic mass is 19.1. The molecule has 0 bridgehead atoms. The Balaban J connectivity index is 2.33. The van der Waals surface area contributed by atoms with E-state index >= 15 is 0 Å². The fraction of sp³-hybridized carbons (Fsp3) is 0.600. The molecule has 0 saturated carbocycles. The van der Waals surface area contributed by atoms with Gasteiger partial charge in [-0.15, -0.1) is 0 Å². The Morgan fingerprint density at radius 3 is 2.28 bits per heavy atom. The number of rotatable bonds is 8. The fourth-order valence-electron chi connectivity index (χ4n) is 1.89. The van der Waals surface area contributed by atoms with Gasteiger partial charge in [-0.25, -0.2) is 8.78 Å². The van der Waals surface area contributed by atoms with Crippen LogP contribution in [0, 0.1) is 11.6 Å². The van der Waals surface area contributed by atoms with E-state index in [9.17, 15) is 8.78 Å². The van der Waals surface area contributed by atoms with Crippen LogP contribution in [0.15, 0.2) is 18.2 Å². The van der Waals surface area contributed by atoms with Crippen LogP contribution >= 0.6 is 0 Å². The van der Waals surface area contributed by atoms with Gasteiger partial charge in [-0.05, 0) is 31.9 Å². The van der Waals surface area contributed by atoms with E-state index in [2.05, 4.69) is 6.92 Å². The number of para-hydroxylation sites is 1. The van der Waals surface area contributed by atoms with Crippen LogP contribution in [-0.2, 0) is 0 Å². The second-order valence-corrected chi connectivity index (χ2v) is 4.68. The topological polar surface area (TPSA) is 9.23 Å². The Bertz CT molecular complexity index is 332. The summed E-state index contributed by atoms with van der Waals surface area (Å²) in [6, 6.07) is 3.77. The maximum atomic E-state index is 13.3. The molecule has 18 heavy (non-hydrogen) atoms. The van der Waals surface area contributed by atoms with Gasteiger partial charge in [-0.2, -0.15) is 0 Å². The van der Waals surface area contributed by atoms with Gasteiger partial charge < -0.3 is 4.74 Å². The number of halogens is 2. The van der Waals surface area contributed by atoms with Crippen molar-refractivity contribution in [3.63, 3.8) is 0 Å². The maximum Gasteiger partial charge on any atom is 0.191 e. The summed E-state index contributed by atoms with van der Waals surface area (Å²) in [5.74, 6) is -1.51. The first-order valence-corrected chi connectivity index (χ1v) is 6.75. The zero-order valence-corrected chi connectivity index (χ0v) is 11.2. The van der Waals surface area contributed by atoms with Gasteiger partial charge in [0.25, 0.3) is 0 Å². The lowest BCUT2D eigenvalue weighted by atomic mass is 10.1. The van der Waals surface area contributed by atoms with Gasteiger partial charge in [-0.3, -0.25) is 0 Å². The Morgan fingerprint density at radius 2 is 1.67 bits per heavy atom. The lowest BCUT2D eigenvalue weighted by molar-refractivity contribution is 0.188. The number of hydrogen-bond donors (Lipinski definition) is 0. The van der Waals surface area contributed by atoms with Crippen LogP contribution in [0.3, 0.4) is 0 Å². The molecule has 0 radical (unpaired) electrons. The van der Waals surface area contributed by atoms with E-state index in [0.29, 0.717) is 0 Å². The van der Waals surface area contributed by atoms with Crippen molar-refractivity contribution in [2.75, 3.05) is 0 Å². The van der Waals surface area contributed by atoms with Crippen LogP contribution in [0.25, 0.3) is 0 Å². The van der Waals surface area contributed by atoms with E-state index in [4.69, 9.17) is 4.74 Å². The molecule has 0 spiro atoms. The predicted molar refractivity (Wildman–Crippen MR) is 69.8 cm³/mol.